The van der Waals surface area contributed by atoms with E-state index in [-0.39, 0.29) is 11.9 Å². The van der Waals surface area contributed by atoms with Crippen LogP contribution in [0.3, 0.4) is 0 Å². The van der Waals surface area contributed by atoms with E-state index in [1.807, 2.05) is 39.0 Å². The average Bonchev–Trinajstić information content (AvgIpc) is 2.41. The van der Waals surface area contributed by atoms with Gasteiger partial charge in [-0.1, -0.05) is 51.1 Å². The second-order valence-corrected chi connectivity index (χ2v) is 3.54. The summed E-state index contributed by atoms with van der Waals surface area (Å²) in [6, 6.07) is 10.1. The molecule has 3 nitrogen and oxygen atoms in total. The van der Waals surface area contributed by atoms with Crippen LogP contribution in [0.5, 0.6) is 0 Å². The summed E-state index contributed by atoms with van der Waals surface area (Å²) in [4.78, 5) is 11.1. The van der Waals surface area contributed by atoms with E-state index >= 15 is 0 Å². The number of rotatable bonds is 5. The van der Waals surface area contributed by atoms with Crippen LogP contribution in [0.25, 0.3) is 0 Å². The second kappa shape index (κ2) is 9.85. The second-order valence-electron chi connectivity index (χ2n) is 3.54. The summed E-state index contributed by atoms with van der Waals surface area (Å²) in [6.45, 7) is 7.27. The summed E-state index contributed by atoms with van der Waals surface area (Å²) in [5, 5.41) is 3.22. The maximum atomic E-state index is 11.1. The van der Waals surface area contributed by atoms with Gasteiger partial charge in [-0.15, -0.1) is 0 Å². The van der Waals surface area contributed by atoms with E-state index in [0.29, 0.717) is 6.54 Å². The molecular formula is C14H23NO2. The SMILES string of the molecule is CC.COC(=O)C(C)CNCc1ccccc1. The number of nitrogens with one attached hydrogen (secondary N) is 1. The molecule has 0 heterocycles. The maximum Gasteiger partial charge on any atom is 0.309 e. The van der Waals surface area contributed by atoms with Crippen molar-refractivity contribution in [2.45, 2.75) is 27.3 Å². The largest absolute Gasteiger partial charge is 0.469 e. The molecule has 1 unspecified atom stereocenters. The van der Waals surface area contributed by atoms with Crippen LogP contribution in [0, 0.1) is 5.92 Å². The molecule has 1 atom stereocenters. The molecule has 0 bridgehead atoms. The third-order valence-corrected chi connectivity index (χ3v) is 2.23. The van der Waals surface area contributed by atoms with E-state index in [1.165, 1.54) is 12.7 Å². The number of carbonyl (C=O) groups excluding carboxylic acids is 1. The number of methoxy groups -OCH3 is 1. The van der Waals surface area contributed by atoms with Gasteiger partial charge in [0.15, 0.2) is 0 Å². The lowest BCUT2D eigenvalue weighted by Gasteiger charge is -2.10. The van der Waals surface area contributed by atoms with Gasteiger partial charge in [-0.05, 0) is 5.56 Å². The molecule has 0 aromatic heterocycles. The number of hydrogen-bond donors (Lipinski definition) is 1. The molecule has 0 saturated carbocycles. The molecule has 0 fully saturated rings. The summed E-state index contributed by atoms with van der Waals surface area (Å²) in [5.74, 6) is -0.269. The zero-order chi connectivity index (χ0) is 13.1. The molecule has 0 aliphatic rings. The topological polar surface area (TPSA) is 38.3 Å². The van der Waals surface area contributed by atoms with Crippen LogP contribution in [-0.2, 0) is 16.1 Å². The normalized spacial score (nSPS) is 11.1. The summed E-state index contributed by atoms with van der Waals surface area (Å²) < 4.78 is 4.64. The Bertz CT molecular complexity index is 298. The number of ether oxygens (including phenoxy) is 1. The molecule has 96 valence electrons. The lowest BCUT2D eigenvalue weighted by atomic mass is 10.1. The first kappa shape index (κ1) is 15.7. The molecule has 1 aromatic rings. The number of benzene rings is 1. The van der Waals surface area contributed by atoms with Crippen LogP contribution in [0.2, 0.25) is 0 Å². The van der Waals surface area contributed by atoms with Gasteiger partial charge < -0.3 is 10.1 Å². The molecule has 0 radical (unpaired) electrons. The zero-order valence-electron chi connectivity index (χ0n) is 11.2. The molecule has 17 heavy (non-hydrogen) atoms. The van der Waals surface area contributed by atoms with Gasteiger partial charge in [-0.3, -0.25) is 4.79 Å². The van der Waals surface area contributed by atoms with Gasteiger partial charge in [0.05, 0.1) is 13.0 Å². The van der Waals surface area contributed by atoms with Gasteiger partial charge in [-0.25, -0.2) is 0 Å². The lowest BCUT2D eigenvalue weighted by molar-refractivity contribution is -0.144. The summed E-state index contributed by atoms with van der Waals surface area (Å²) in [5.41, 5.74) is 1.22. The third kappa shape index (κ3) is 6.74. The molecule has 1 rings (SSSR count). The van der Waals surface area contributed by atoms with Crippen molar-refractivity contribution < 1.29 is 9.53 Å². The Hall–Kier alpha value is -1.35. The predicted molar refractivity (Wildman–Crippen MR) is 70.7 cm³/mol. The minimum atomic E-state index is -0.171. The van der Waals surface area contributed by atoms with Crippen molar-refractivity contribution in [3.8, 4) is 0 Å². The maximum absolute atomic E-state index is 11.1. The van der Waals surface area contributed by atoms with Crippen LogP contribution >= 0.6 is 0 Å². The molecule has 0 aliphatic carbocycles. The molecule has 3 heteroatoms. The standard InChI is InChI=1S/C12H17NO2.C2H6/c1-10(12(14)15-2)8-13-9-11-6-4-3-5-7-11;1-2/h3-7,10,13H,8-9H2,1-2H3;1-2H3. The van der Waals surface area contributed by atoms with Gasteiger partial charge in [0.25, 0.3) is 0 Å². The highest BCUT2D eigenvalue weighted by Crippen LogP contribution is 1.99. The zero-order valence-corrected chi connectivity index (χ0v) is 11.2. The molecule has 0 saturated heterocycles. The summed E-state index contributed by atoms with van der Waals surface area (Å²) in [6.07, 6.45) is 0. The first-order chi connectivity index (χ1) is 8.24. The molecular weight excluding hydrogens is 214 g/mol. The van der Waals surface area contributed by atoms with Gasteiger partial charge in [0, 0.05) is 13.1 Å². The Morgan fingerprint density at radius 1 is 1.29 bits per heavy atom. The lowest BCUT2D eigenvalue weighted by Crippen LogP contribution is -2.26. The summed E-state index contributed by atoms with van der Waals surface area (Å²) in [7, 11) is 1.41. The molecule has 0 amide bonds. The van der Waals surface area contributed by atoms with Crippen LogP contribution in [0.4, 0.5) is 0 Å². The molecule has 0 spiro atoms. The van der Waals surface area contributed by atoms with Gasteiger partial charge in [0.2, 0.25) is 0 Å². The molecule has 0 aliphatic heterocycles. The van der Waals surface area contributed by atoms with Gasteiger partial charge in [-0.2, -0.15) is 0 Å². The fraction of sp³-hybridized carbons (Fsp3) is 0.500. The van der Waals surface area contributed by atoms with Crippen molar-refractivity contribution in [2.24, 2.45) is 5.92 Å². The highest BCUT2D eigenvalue weighted by atomic mass is 16.5. The highest BCUT2D eigenvalue weighted by Gasteiger charge is 2.11. The predicted octanol–water partition coefficient (Wildman–Crippen LogP) is 2.61. The Balaban J connectivity index is 0.00000121. The molecule has 1 aromatic carbocycles. The highest BCUT2D eigenvalue weighted by molar-refractivity contribution is 5.71. The van der Waals surface area contributed by atoms with E-state index in [1.54, 1.807) is 0 Å². The van der Waals surface area contributed by atoms with Crippen LogP contribution in [-0.4, -0.2) is 19.6 Å². The Labute approximate surface area is 104 Å². The van der Waals surface area contributed by atoms with E-state index in [4.69, 9.17) is 0 Å². The first-order valence-electron chi connectivity index (χ1n) is 6.06. The third-order valence-electron chi connectivity index (χ3n) is 2.23. The Morgan fingerprint density at radius 3 is 2.41 bits per heavy atom. The van der Waals surface area contributed by atoms with Crippen molar-refractivity contribution in [3.63, 3.8) is 0 Å². The van der Waals surface area contributed by atoms with E-state index in [2.05, 4.69) is 22.2 Å². The van der Waals surface area contributed by atoms with E-state index in [0.717, 1.165) is 6.54 Å². The Kier molecular flexibility index (Phi) is 9.06. The van der Waals surface area contributed by atoms with E-state index < -0.39 is 0 Å². The van der Waals surface area contributed by atoms with Crippen LogP contribution < -0.4 is 5.32 Å². The van der Waals surface area contributed by atoms with Crippen LogP contribution in [0.15, 0.2) is 30.3 Å². The Morgan fingerprint density at radius 2 is 1.88 bits per heavy atom. The van der Waals surface area contributed by atoms with Gasteiger partial charge in [0.1, 0.15) is 0 Å². The first-order valence-corrected chi connectivity index (χ1v) is 6.06. The smallest absolute Gasteiger partial charge is 0.309 e. The van der Waals surface area contributed by atoms with Crippen molar-refractivity contribution in [3.05, 3.63) is 35.9 Å². The number of hydrogen-bond acceptors (Lipinski definition) is 3. The summed E-state index contributed by atoms with van der Waals surface area (Å²) >= 11 is 0. The van der Waals surface area contributed by atoms with Crippen LogP contribution in [0.1, 0.15) is 26.3 Å². The van der Waals surface area contributed by atoms with Crippen molar-refractivity contribution in [1.29, 1.82) is 0 Å². The van der Waals surface area contributed by atoms with Crippen molar-refractivity contribution in [2.75, 3.05) is 13.7 Å². The van der Waals surface area contributed by atoms with Gasteiger partial charge >= 0.3 is 5.97 Å². The minimum absolute atomic E-state index is 0.0984. The monoisotopic (exact) mass is 237 g/mol. The van der Waals surface area contributed by atoms with Crippen molar-refractivity contribution in [1.82, 2.24) is 5.32 Å². The number of carbonyl (C=O) groups is 1. The number of esters is 1. The fourth-order valence-corrected chi connectivity index (χ4v) is 1.31. The van der Waals surface area contributed by atoms with Crippen molar-refractivity contribution >= 4 is 5.97 Å². The fourth-order valence-electron chi connectivity index (χ4n) is 1.31. The molecule has 1 N–H and O–H groups in total. The van der Waals surface area contributed by atoms with E-state index in [9.17, 15) is 4.79 Å². The quantitative estimate of drug-likeness (QED) is 0.800. The minimum Gasteiger partial charge on any atom is -0.469 e. The average molecular weight is 237 g/mol.